The van der Waals surface area contributed by atoms with Gasteiger partial charge < -0.3 is 9.88 Å². The predicted octanol–water partition coefficient (Wildman–Crippen LogP) is 4.81. The molecule has 0 bridgehead atoms. The number of rotatable bonds is 5. The summed E-state index contributed by atoms with van der Waals surface area (Å²) in [6, 6.07) is 10.8. The number of hydrogen-bond acceptors (Lipinski definition) is 2. The minimum Gasteiger partial charge on any atom is -0.375 e. The number of carbonyl (C=O) groups excluding carboxylic acids is 1. The maximum Gasteiger partial charge on any atom is 0.183 e. The number of aromatic nitrogens is 1. The summed E-state index contributed by atoms with van der Waals surface area (Å²) in [7, 11) is 0. The van der Waals surface area contributed by atoms with E-state index in [1.165, 1.54) is 18.2 Å². The Hall–Kier alpha value is -3.02. The van der Waals surface area contributed by atoms with Gasteiger partial charge in [0.2, 0.25) is 0 Å². The molecular weight excluding hydrogens is 341 g/mol. The van der Waals surface area contributed by atoms with Crippen LogP contribution < -0.4 is 5.32 Å². The van der Waals surface area contributed by atoms with Gasteiger partial charge in [-0.3, -0.25) is 4.79 Å². The van der Waals surface area contributed by atoms with Crippen LogP contribution in [0.15, 0.2) is 48.5 Å². The number of benzene rings is 2. The fraction of sp³-hybridized carbons (Fsp3) is 0.150. The van der Waals surface area contributed by atoms with Gasteiger partial charge in [0.1, 0.15) is 17.5 Å². The van der Waals surface area contributed by atoms with Crippen molar-refractivity contribution in [2.24, 2.45) is 0 Å². The summed E-state index contributed by atoms with van der Waals surface area (Å²) in [5.74, 6) is -2.00. The van der Waals surface area contributed by atoms with E-state index in [4.69, 9.17) is 0 Å². The Balaban J connectivity index is 1.82. The van der Waals surface area contributed by atoms with Crippen LogP contribution in [0.1, 0.15) is 21.7 Å². The average molecular weight is 358 g/mol. The van der Waals surface area contributed by atoms with Crippen molar-refractivity contribution in [2.75, 3.05) is 11.9 Å². The lowest BCUT2D eigenvalue weighted by Crippen LogP contribution is -2.15. The van der Waals surface area contributed by atoms with E-state index in [0.29, 0.717) is 11.3 Å². The number of ketones is 1. The first kappa shape index (κ1) is 17.8. The molecule has 2 aromatic carbocycles. The number of nitrogens with one attached hydrogen (secondary N) is 1. The maximum atomic E-state index is 13.7. The molecule has 1 N–H and O–H groups in total. The molecule has 134 valence electrons. The molecule has 0 aliphatic rings. The summed E-state index contributed by atoms with van der Waals surface area (Å²) in [4.78, 5) is 12.5. The number of nitrogens with zero attached hydrogens (tertiary/aromatic N) is 1. The largest absolute Gasteiger partial charge is 0.375 e. The van der Waals surface area contributed by atoms with Crippen molar-refractivity contribution in [3.05, 3.63) is 82.9 Å². The molecule has 0 radical (unpaired) electrons. The summed E-state index contributed by atoms with van der Waals surface area (Å²) in [5.41, 5.74) is 2.83. The molecule has 26 heavy (non-hydrogen) atoms. The van der Waals surface area contributed by atoms with E-state index < -0.39 is 11.6 Å². The van der Waals surface area contributed by atoms with Crippen LogP contribution in [0.3, 0.4) is 0 Å². The lowest BCUT2D eigenvalue weighted by Gasteiger charge is -2.10. The van der Waals surface area contributed by atoms with Gasteiger partial charge in [0.15, 0.2) is 5.78 Å². The monoisotopic (exact) mass is 358 g/mol. The zero-order chi connectivity index (χ0) is 18.8. The van der Waals surface area contributed by atoms with Gasteiger partial charge in [-0.1, -0.05) is 0 Å². The SMILES string of the molecule is Cc1cc(C(=O)CNc2ccc(F)cc2F)c(C)n1-c1ccc(F)cc1. The highest BCUT2D eigenvalue weighted by Crippen LogP contribution is 2.22. The average Bonchev–Trinajstić information content (AvgIpc) is 2.89. The molecule has 6 heteroatoms. The van der Waals surface area contributed by atoms with Gasteiger partial charge in [0.25, 0.3) is 0 Å². The third-order valence-electron chi connectivity index (χ3n) is 4.19. The van der Waals surface area contributed by atoms with E-state index in [1.807, 2.05) is 11.5 Å². The lowest BCUT2D eigenvalue weighted by molar-refractivity contribution is 0.101. The highest BCUT2D eigenvalue weighted by molar-refractivity contribution is 6.00. The first-order valence-corrected chi connectivity index (χ1v) is 8.04. The van der Waals surface area contributed by atoms with E-state index in [1.54, 1.807) is 25.1 Å². The maximum absolute atomic E-state index is 13.7. The number of aryl methyl sites for hydroxylation is 1. The second-order valence-corrected chi connectivity index (χ2v) is 6.00. The Labute approximate surface area is 149 Å². The number of anilines is 1. The molecule has 0 saturated carbocycles. The molecule has 1 aromatic heterocycles. The Morgan fingerprint density at radius 3 is 2.27 bits per heavy atom. The van der Waals surface area contributed by atoms with Crippen LogP contribution in [0.4, 0.5) is 18.9 Å². The second-order valence-electron chi connectivity index (χ2n) is 6.00. The zero-order valence-electron chi connectivity index (χ0n) is 14.3. The van der Waals surface area contributed by atoms with Crippen LogP contribution in [0.5, 0.6) is 0 Å². The fourth-order valence-corrected chi connectivity index (χ4v) is 2.94. The standard InChI is InChI=1S/C20H17F3N2O/c1-12-9-17(13(2)25(12)16-6-3-14(21)4-7-16)20(26)11-24-19-8-5-15(22)10-18(19)23/h3-10,24H,11H2,1-2H3. The molecule has 0 aliphatic carbocycles. The van der Waals surface area contributed by atoms with Crippen molar-refractivity contribution in [1.82, 2.24) is 4.57 Å². The minimum atomic E-state index is -0.755. The van der Waals surface area contributed by atoms with E-state index in [2.05, 4.69) is 5.32 Å². The van der Waals surface area contributed by atoms with Gasteiger partial charge in [-0.25, -0.2) is 13.2 Å². The minimum absolute atomic E-state index is 0.0621. The van der Waals surface area contributed by atoms with Crippen molar-refractivity contribution in [3.8, 4) is 5.69 Å². The van der Waals surface area contributed by atoms with E-state index >= 15 is 0 Å². The van der Waals surface area contributed by atoms with Crippen LogP contribution in [-0.2, 0) is 0 Å². The number of halogens is 3. The molecule has 0 unspecified atom stereocenters. The van der Waals surface area contributed by atoms with E-state index in [0.717, 1.165) is 23.5 Å². The quantitative estimate of drug-likeness (QED) is 0.665. The highest BCUT2D eigenvalue weighted by atomic mass is 19.1. The molecular formula is C20H17F3N2O. The number of hydrogen-bond donors (Lipinski definition) is 1. The van der Waals surface area contributed by atoms with Crippen molar-refractivity contribution in [3.63, 3.8) is 0 Å². The molecule has 3 rings (SSSR count). The van der Waals surface area contributed by atoms with Crippen molar-refractivity contribution in [2.45, 2.75) is 13.8 Å². The summed E-state index contributed by atoms with van der Waals surface area (Å²) in [5, 5.41) is 2.69. The van der Waals surface area contributed by atoms with E-state index in [-0.39, 0.29) is 23.8 Å². The Bertz CT molecular complexity index is 962. The van der Waals surface area contributed by atoms with Crippen LogP contribution in [0, 0.1) is 31.3 Å². The lowest BCUT2D eigenvalue weighted by atomic mass is 10.1. The summed E-state index contributed by atoms with van der Waals surface area (Å²) < 4.78 is 41.6. The molecule has 0 fully saturated rings. The first-order valence-electron chi connectivity index (χ1n) is 8.04. The fourth-order valence-electron chi connectivity index (χ4n) is 2.94. The van der Waals surface area contributed by atoms with Crippen LogP contribution in [-0.4, -0.2) is 16.9 Å². The molecule has 0 atom stereocenters. The Kier molecular flexibility index (Phi) is 4.84. The predicted molar refractivity (Wildman–Crippen MR) is 94.4 cm³/mol. The summed E-state index contributed by atoms with van der Waals surface area (Å²) in [6.07, 6.45) is 0. The molecule has 0 aliphatic heterocycles. The third-order valence-corrected chi connectivity index (χ3v) is 4.19. The van der Waals surface area contributed by atoms with E-state index in [9.17, 15) is 18.0 Å². The van der Waals surface area contributed by atoms with Gasteiger partial charge >= 0.3 is 0 Å². The van der Waals surface area contributed by atoms with Crippen molar-refractivity contribution >= 4 is 11.5 Å². The van der Waals surface area contributed by atoms with Gasteiger partial charge in [-0.05, 0) is 56.3 Å². The Morgan fingerprint density at radius 1 is 0.962 bits per heavy atom. The zero-order valence-corrected chi connectivity index (χ0v) is 14.3. The third kappa shape index (κ3) is 3.49. The van der Waals surface area contributed by atoms with Gasteiger partial charge in [0, 0.05) is 28.7 Å². The second kappa shape index (κ2) is 7.07. The molecule has 0 amide bonds. The van der Waals surface area contributed by atoms with Crippen molar-refractivity contribution in [1.29, 1.82) is 0 Å². The van der Waals surface area contributed by atoms with Gasteiger partial charge in [-0.15, -0.1) is 0 Å². The molecule has 3 nitrogen and oxygen atoms in total. The highest BCUT2D eigenvalue weighted by Gasteiger charge is 2.17. The number of carbonyl (C=O) groups is 1. The van der Waals surface area contributed by atoms with Gasteiger partial charge in [-0.2, -0.15) is 0 Å². The van der Waals surface area contributed by atoms with Gasteiger partial charge in [0.05, 0.1) is 12.2 Å². The number of Topliss-reactive ketones (excluding diaryl/α,β-unsaturated/α-hetero) is 1. The molecule has 0 spiro atoms. The molecule has 3 aromatic rings. The van der Waals surface area contributed by atoms with Crippen LogP contribution >= 0.6 is 0 Å². The topological polar surface area (TPSA) is 34.0 Å². The smallest absolute Gasteiger partial charge is 0.183 e. The molecule has 1 heterocycles. The normalized spacial score (nSPS) is 10.8. The van der Waals surface area contributed by atoms with Crippen LogP contribution in [0.2, 0.25) is 0 Å². The van der Waals surface area contributed by atoms with Crippen LogP contribution in [0.25, 0.3) is 5.69 Å². The summed E-state index contributed by atoms with van der Waals surface area (Å²) in [6.45, 7) is 3.51. The molecule has 0 saturated heterocycles. The van der Waals surface area contributed by atoms with Crippen molar-refractivity contribution < 1.29 is 18.0 Å². The first-order chi connectivity index (χ1) is 12.4. The Morgan fingerprint density at radius 2 is 1.62 bits per heavy atom. The summed E-state index contributed by atoms with van der Waals surface area (Å²) >= 11 is 0.